The van der Waals surface area contributed by atoms with Gasteiger partial charge >= 0.3 is 0 Å². The van der Waals surface area contributed by atoms with Gasteiger partial charge in [0.05, 0.1) is 0 Å². The normalized spacial score (nSPS) is 18.6. The van der Waals surface area contributed by atoms with Crippen molar-refractivity contribution >= 4 is 11.6 Å². The maximum absolute atomic E-state index is 12.3. The molecule has 0 aliphatic carbocycles. The number of likely N-dealkylation sites (N-methyl/N-ethyl adjacent to an activating group) is 1. The van der Waals surface area contributed by atoms with Gasteiger partial charge in [-0.2, -0.15) is 0 Å². The SMILES string of the molecule is CCCCCN1C(=O)C(NC)c2ccccc21. The molecule has 1 amide bonds. The van der Waals surface area contributed by atoms with Crippen LogP contribution < -0.4 is 10.2 Å². The van der Waals surface area contributed by atoms with Gasteiger partial charge in [-0.15, -0.1) is 0 Å². The van der Waals surface area contributed by atoms with Gasteiger partial charge in [-0.1, -0.05) is 38.0 Å². The average Bonchev–Trinajstić information content (AvgIpc) is 2.62. The van der Waals surface area contributed by atoms with Crippen molar-refractivity contribution < 1.29 is 4.79 Å². The zero-order valence-corrected chi connectivity index (χ0v) is 10.6. The number of rotatable bonds is 5. The Bertz CT molecular complexity index is 403. The van der Waals surface area contributed by atoms with Gasteiger partial charge in [0.1, 0.15) is 6.04 Å². The number of carbonyl (C=O) groups is 1. The van der Waals surface area contributed by atoms with Gasteiger partial charge in [0.2, 0.25) is 5.91 Å². The fraction of sp³-hybridized carbons (Fsp3) is 0.500. The van der Waals surface area contributed by atoms with E-state index in [0.717, 1.165) is 24.2 Å². The zero-order valence-electron chi connectivity index (χ0n) is 10.6. The van der Waals surface area contributed by atoms with E-state index < -0.39 is 0 Å². The van der Waals surface area contributed by atoms with Crippen molar-refractivity contribution in [3.8, 4) is 0 Å². The van der Waals surface area contributed by atoms with Gasteiger partial charge in [-0.25, -0.2) is 0 Å². The van der Waals surface area contributed by atoms with Crippen molar-refractivity contribution in [3.63, 3.8) is 0 Å². The molecule has 1 atom stereocenters. The highest BCUT2D eigenvalue weighted by atomic mass is 16.2. The molecule has 0 bridgehead atoms. The van der Waals surface area contributed by atoms with E-state index in [0.29, 0.717) is 0 Å². The molecule has 1 aromatic rings. The average molecular weight is 232 g/mol. The van der Waals surface area contributed by atoms with Gasteiger partial charge in [-0.05, 0) is 19.5 Å². The van der Waals surface area contributed by atoms with Crippen LogP contribution in [-0.4, -0.2) is 19.5 Å². The van der Waals surface area contributed by atoms with Crippen molar-refractivity contribution in [2.75, 3.05) is 18.5 Å². The second-order valence-corrected chi connectivity index (χ2v) is 4.48. The molecule has 1 N–H and O–H groups in total. The van der Waals surface area contributed by atoms with Crippen LogP contribution in [0.2, 0.25) is 0 Å². The molecule has 0 saturated carbocycles. The van der Waals surface area contributed by atoms with E-state index in [4.69, 9.17) is 0 Å². The Morgan fingerprint density at radius 2 is 2.06 bits per heavy atom. The summed E-state index contributed by atoms with van der Waals surface area (Å²) in [4.78, 5) is 14.2. The van der Waals surface area contributed by atoms with Gasteiger partial charge in [0.15, 0.2) is 0 Å². The summed E-state index contributed by atoms with van der Waals surface area (Å²) in [6.07, 6.45) is 3.43. The van der Waals surface area contributed by atoms with E-state index >= 15 is 0 Å². The first-order valence-electron chi connectivity index (χ1n) is 6.37. The third-order valence-electron chi connectivity index (χ3n) is 3.33. The lowest BCUT2D eigenvalue weighted by molar-refractivity contribution is -0.119. The maximum Gasteiger partial charge on any atom is 0.248 e. The van der Waals surface area contributed by atoms with E-state index in [1.807, 2.05) is 36.2 Å². The third kappa shape index (κ3) is 2.20. The lowest BCUT2D eigenvalue weighted by atomic mass is 10.1. The molecular formula is C14H20N2O. The second kappa shape index (κ2) is 5.32. The lowest BCUT2D eigenvalue weighted by Crippen LogP contribution is -2.33. The summed E-state index contributed by atoms with van der Waals surface area (Å²) < 4.78 is 0. The minimum Gasteiger partial charge on any atom is -0.310 e. The fourth-order valence-electron chi connectivity index (χ4n) is 2.41. The van der Waals surface area contributed by atoms with Crippen LogP contribution in [0.25, 0.3) is 0 Å². The van der Waals surface area contributed by atoms with Crippen molar-refractivity contribution in [2.24, 2.45) is 0 Å². The molecule has 17 heavy (non-hydrogen) atoms. The molecule has 1 heterocycles. The smallest absolute Gasteiger partial charge is 0.248 e. The van der Waals surface area contributed by atoms with E-state index in [1.165, 1.54) is 12.8 Å². The molecule has 2 rings (SSSR count). The number of hydrogen-bond donors (Lipinski definition) is 1. The van der Waals surface area contributed by atoms with Crippen LogP contribution in [0.15, 0.2) is 24.3 Å². The molecule has 1 unspecified atom stereocenters. The van der Waals surface area contributed by atoms with Crippen LogP contribution in [0.3, 0.4) is 0 Å². The van der Waals surface area contributed by atoms with Gasteiger partial charge in [0, 0.05) is 17.8 Å². The highest BCUT2D eigenvalue weighted by molar-refractivity contribution is 6.04. The number of para-hydroxylation sites is 1. The predicted molar refractivity (Wildman–Crippen MR) is 70.1 cm³/mol. The van der Waals surface area contributed by atoms with Crippen LogP contribution in [-0.2, 0) is 4.79 Å². The van der Waals surface area contributed by atoms with Gasteiger partial charge < -0.3 is 10.2 Å². The first-order valence-corrected chi connectivity index (χ1v) is 6.37. The van der Waals surface area contributed by atoms with Crippen LogP contribution in [0.5, 0.6) is 0 Å². The monoisotopic (exact) mass is 232 g/mol. The number of fused-ring (bicyclic) bond motifs is 1. The summed E-state index contributed by atoms with van der Waals surface area (Å²) in [6, 6.07) is 7.90. The summed E-state index contributed by atoms with van der Waals surface area (Å²) in [5.41, 5.74) is 2.18. The first-order chi connectivity index (χ1) is 8.29. The zero-order chi connectivity index (χ0) is 12.3. The Hall–Kier alpha value is -1.35. The standard InChI is InChI=1S/C14H20N2O/c1-3-4-7-10-16-12-9-6-5-8-11(12)13(15-2)14(16)17/h5-6,8-9,13,15H,3-4,7,10H2,1-2H3. The molecular weight excluding hydrogens is 212 g/mol. The molecule has 0 radical (unpaired) electrons. The molecule has 1 aliphatic heterocycles. The molecule has 92 valence electrons. The molecule has 0 spiro atoms. The number of nitrogens with one attached hydrogen (secondary N) is 1. The molecule has 1 aliphatic rings. The summed E-state index contributed by atoms with van der Waals surface area (Å²) in [6.45, 7) is 3.01. The highest BCUT2D eigenvalue weighted by Gasteiger charge is 2.35. The van der Waals surface area contributed by atoms with Crippen LogP contribution in [0.4, 0.5) is 5.69 Å². The van der Waals surface area contributed by atoms with Crippen molar-refractivity contribution in [1.82, 2.24) is 5.32 Å². The highest BCUT2D eigenvalue weighted by Crippen LogP contribution is 2.35. The number of unbranched alkanes of at least 4 members (excludes halogenated alkanes) is 2. The van der Waals surface area contributed by atoms with Crippen LogP contribution >= 0.6 is 0 Å². The first kappa shape index (κ1) is 12.1. The van der Waals surface area contributed by atoms with Crippen LogP contribution in [0.1, 0.15) is 37.8 Å². The molecule has 0 aromatic heterocycles. The quantitative estimate of drug-likeness (QED) is 0.791. The summed E-state index contributed by atoms with van der Waals surface area (Å²) in [7, 11) is 1.84. The summed E-state index contributed by atoms with van der Waals surface area (Å²) >= 11 is 0. The van der Waals surface area contributed by atoms with Crippen LogP contribution in [0, 0.1) is 0 Å². The predicted octanol–water partition coefficient (Wildman–Crippen LogP) is 2.48. The Labute approximate surface area is 103 Å². The number of anilines is 1. The number of hydrogen-bond acceptors (Lipinski definition) is 2. The Morgan fingerprint density at radius 1 is 1.29 bits per heavy atom. The van der Waals surface area contributed by atoms with E-state index in [1.54, 1.807) is 0 Å². The molecule has 0 fully saturated rings. The van der Waals surface area contributed by atoms with Gasteiger partial charge in [-0.3, -0.25) is 4.79 Å². The number of benzene rings is 1. The topological polar surface area (TPSA) is 32.3 Å². The van der Waals surface area contributed by atoms with Crippen molar-refractivity contribution in [2.45, 2.75) is 32.2 Å². The molecule has 3 nitrogen and oxygen atoms in total. The van der Waals surface area contributed by atoms with Crippen molar-refractivity contribution in [1.29, 1.82) is 0 Å². The minimum atomic E-state index is -0.159. The Balaban J connectivity index is 2.20. The fourth-order valence-corrected chi connectivity index (χ4v) is 2.41. The van der Waals surface area contributed by atoms with E-state index in [-0.39, 0.29) is 11.9 Å². The van der Waals surface area contributed by atoms with E-state index in [2.05, 4.69) is 12.2 Å². The third-order valence-corrected chi connectivity index (χ3v) is 3.33. The maximum atomic E-state index is 12.3. The number of nitrogens with zero attached hydrogens (tertiary/aromatic N) is 1. The Morgan fingerprint density at radius 3 is 2.76 bits per heavy atom. The van der Waals surface area contributed by atoms with Gasteiger partial charge in [0.25, 0.3) is 0 Å². The molecule has 3 heteroatoms. The minimum absolute atomic E-state index is 0.159. The second-order valence-electron chi connectivity index (χ2n) is 4.48. The lowest BCUT2D eigenvalue weighted by Gasteiger charge is -2.17. The Kier molecular flexibility index (Phi) is 3.79. The summed E-state index contributed by atoms with van der Waals surface area (Å²) in [5, 5.41) is 3.10. The largest absolute Gasteiger partial charge is 0.310 e. The number of amides is 1. The summed E-state index contributed by atoms with van der Waals surface area (Å²) in [5.74, 6) is 0.185. The van der Waals surface area contributed by atoms with Crippen molar-refractivity contribution in [3.05, 3.63) is 29.8 Å². The molecule has 0 saturated heterocycles. The number of carbonyl (C=O) groups excluding carboxylic acids is 1. The molecule has 1 aromatic carbocycles. The van der Waals surface area contributed by atoms with E-state index in [9.17, 15) is 4.79 Å².